The predicted octanol–water partition coefficient (Wildman–Crippen LogP) is 5.62. The first-order valence-electron chi connectivity index (χ1n) is 12.1. The van der Waals surface area contributed by atoms with Crippen LogP contribution in [0.25, 0.3) is 16.9 Å². The number of aromatic nitrogens is 2. The highest BCUT2D eigenvalue weighted by molar-refractivity contribution is 6.32. The summed E-state index contributed by atoms with van der Waals surface area (Å²) in [5.74, 6) is 0.762. The molecule has 0 aliphatic heterocycles. The van der Waals surface area contributed by atoms with E-state index in [4.69, 9.17) is 21.4 Å². The van der Waals surface area contributed by atoms with Crippen LogP contribution in [0.2, 0.25) is 5.02 Å². The molecule has 1 heterocycles. The molecule has 0 atom stereocenters. The summed E-state index contributed by atoms with van der Waals surface area (Å²) in [7, 11) is 1.60. The number of hydrogen-bond acceptors (Lipinski definition) is 4. The quantitative estimate of drug-likeness (QED) is 0.297. The molecule has 0 fully saturated rings. The average Bonchev–Trinajstić information content (AvgIpc) is 3.33. The molecule has 0 radical (unpaired) electrons. The number of methoxy groups -OCH3 is 1. The molecule has 0 saturated carbocycles. The van der Waals surface area contributed by atoms with Crippen LogP contribution in [0.15, 0.2) is 84.9 Å². The summed E-state index contributed by atoms with van der Waals surface area (Å²) >= 11 is 6.45. The van der Waals surface area contributed by atoms with E-state index >= 15 is 0 Å². The maximum absolute atomic E-state index is 13.2. The van der Waals surface area contributed by atoms with Crippen molar-refractivity contribution in [2.45, 2.75) is 19.8 Å². The van der Waals surface area contributed by atoms with Gasteiger partial charge in [-0.1, -0.05) is 73.1 Å². The van der Waals surface area contributed by atoms with Crippen molar-refractivity contribution in [3.05, 3.63) is 95.5 Å². The Morgan fingerprint density at radius 1 is 1.00 bits per heavy atom. The Hall–Kier alpha value is -4.10. The van der Waals surface area contributed by atoms with Gasteiger partial charge in [0.1, 0.15) is 11.6 Å². The van der Waals surface area contributed by atoms with Gasteiger partial charge in [0.2, 0.25) is 11.8 Å². The molecule has 190 valence electrons. The number of ether oxygens (including phenoxy) is 1. The summed E-state index contributed by atoms with van der Waals surface area (Å²) < 4.78 is 6.80. The van der Waals surface area contributed by atoms with E-state index < -0.39 is 0 Å². The number of nitrogens with zero attached hydrogens (tertiary/aromatic N) is 3. The SMILES string of the molecule is CCCN(CC(=O)Nc1cc(-c2ccccc2)nn1-c1ccccc1Cl)C(=O)Cc1ccc(OC)cc1. The van der Waals surface area contributed by atoms with Gasteiger partial charge in [0.25, 0.3) is 0 Å². The second kappa shape index (κ2) is 12.2. The van der Waals surface area contributed by atoms with Crippen molar-refractivity contribution in [3.8, 4) is 22.7 Å². The molecule has 0 spiro atoms. The van der Waals surface area contributed by atoms with Crippen molar-refractivity contribution in [2.24, 2.45) is 0 Å². The lowest BCUT2D eigenvalue weighted by Gasteiger charge is -2.22. The van der Waals surface area contributed by atoms with Crippen LogP contribution < -0.4 is 10.1 Å². The minimum absolute atomic E-state index is 0.0722. The molecule has 0 bridgehead atoms. The molecule has 0 aliphatic rings. The number of anilines is 1. The van der Waals surface area contributed by atoms with Crippen molar-refractivity contribution in [2.75, 3.05) is 25.5 Å². The van der Waals surface area contributed by atoms with Crippen LogP contribution in [-0.4, -0.2) is 46.7 Å². The van der Waals surface area contributed by atoms with Gasteiger partial charge in [-0.25, -0.2) is 4.68 Å². The fraction of sp³-hybridized carbons (Fsp3) is 0.207. The summed E-state index contributed by atoms with van der Waals surface area (Å²) in [4.78, 5) is 27.8. The number of benzene rings is 3. The number of nitrogens with one attached hydrogen (secondary N) is 1. The van der Waals surface area contributed by atoms with Gasteiger partial charge >= 0.3 is 0 Å². The van der Waals surface area contributed by atoms with Crippen molar-refractivity contribution >= 4 is 29.2 Å². The molecule has 1 N–H and O–H groups in total. The Balaban J connectivity index is 1.54. The first-order chi connectivity index (χ1) is 18.0. The van der Waals surface area contributed by atoms with E-state index in [1.807, 2.05) is 79.7 Å². The molecule has 0 unspecified atom stereocenters. The highest BCUT2D eigenvalue weighted by Gasteiger charge is 2.20. The van der Waals surface area contributed by atoms with Gasteiger partial charge < -0.3 is 15.0 Å². The van der Waals surface area contributed by atoms with Crippen molar-refractivity contribution in [3.63, 3.8) is 0 Å². The van der Waals surface area contributed by atoms with E-state index in [1.54, 1.807) is 28.8 Å². The molecule has 3 aromatic carbocycles. The first kappa shape index (κ1) is 26.0. The van der Waals surface area contributed by atoms with Crippen LogP contribution in [0.1, 0.15) is 18.9 Å². The van der Waals surface area contributed by atoms with E-state index in [-0.39, 0.29) is 24.8 Å². The second-order valence-electron chi connectivity index (χ2n) is 8.53. The van der Waals surface area contributed by atoms with E-state index in [0.29, 0.717) is 28.8 Å². The molecule has 37 heavy (non-hydrogen) atoms. The minimum Gasteiger partial charge on any atom is -0.497 e. The van der Waals surface area contributed by atoms with Crippen LogP contribution >= 0.6 is 11.6 Å². The third-order valence-corrected chi connectivity index (χ3v) is 6.14. The molecule has 7 nitrogen and oxygen atoms in total. The standard InChI is InChI=1S/C29H29ClN4O3/c1-3-17-33(29(36)18-21-13-15-23(37-2)16-14-21)20-28(35)31-27-19-25(22-9-5-4-6-10-22)32-34(27)26-12-8-7-11-24(26)30/h4-16,19H,3,17-18,20H2,1-2H3,(H,31,35). The van der Waals surface area contributed by atoms with Gasteiger partial charge in [-0.15, -0.1) is 0 Å². The molecular weight excluding hydrogens is 488 g/mol. The number of para-hydroxylation sites is 1. The van der Waals surface area contributed by atoms with Crippen LogP contribution in [0.3, 0.4) is 0 Å². The summed E-state index contributed by atoms with van der Waals surface area (Å²) in [6.45, 7) is 2.38. The Morgan fingerprint density at radius 2 is 1.70 bits per heavy atom. The Morgan fingerprint density at radius 3 is 2.38 bits per heavy atom. The molecule has 0 saturated heterocycles. The van der Waals surface area contributed by atoms with Crippen LogP contribution in [-0.2, 0) is 16.0 Å². The van der Waals surface area contributed by atoms with Gasteiger partial charge in [0, 0.05) is 18.2 Å². The van der Waals surface area contributed by atoms with Crippen LogP contribution in [0.4, 0.5) is 5.82 Å². The summed E-state index contributed by atoms with van der Waals surface area (Å²) in [5.41, 5.74) is 3.10. The molecule has 4 rings (SSSR count). The van der Waals surface area contributed by atoms with E-state index in [9.17, 15) is 9.59 Å². The predicted molar refractivity (Wildman–Crippen MR) is 146 cm³/mol. The number of carbonyl (C=O) groups excluding carboxylic acids is 2. The smallest absolute Gasteiger partial charge is 0.245 e. The molecule has 2 amide bonds. The Kier molecular flexibility index (Phi) is 8.59. The maximum Gasteiger partial charge on any atom is 0.245 e. The summed E-state index contributed by atoms with van der Waals surface area (Å²) in [6.07, 6.45) is 0.935. The minimum atomic E-state index is -0.315. The zero-order valence-electron chi connectivity index (χ0n) is 20.9. The highest BCUT2D eigenvalue weighted by Crippen LogP contribution is 2.28. The average molecular weight is 517 g/mol. The Labute approximate surface area is 221 Å². The third-order valence-electron chi connectivity index (χ3n) is 5.82. The lowest BCUT2D eigenvalue weighted by molar-refractivity contribution is -0.134. The summed E-state index contributed by atoms with van der Waals surface area (Å²) in [6, 6.07) is 26.1. The topological polar surface area (TPSA) is 76.5 Å². The fourth-order valence-electron chi connectivity index (χ4n) is 3.97. The number of halogens is 1. The van der Waals surface area contributed by atoms with Crippen molar-refractivity contribution in [1.29, 1.82) is 0 Å². The first-order valence-corrected chi connectivity index (χ1v) is 12.5. The molecular formula is C29H29ClN4O3. The molecule has 0 aliphatic carbocycles. The lowest BCUT2D eigenvalue weighted by atomic mass is 10.1. The fourth-order valence-corrected chi connectivity index (χ4v) is 4.19. The number of carbonyl (C=O) groups is 2. The van der Waals surface area contributed by atoms with E-state index in [2.05, 4.69) is 5.32 Å². The van der Waals surface area contributed by atoms with Crippen LogP contribution in [0, 0.1) is 0 Å². The Bertz CT molecular complexity index is 1350. The van der Waals surface area contributed by atoms with Gasteiger partial charge in [-0.2, -0.15) is 5.10 Å². The van der Waals surface area contributed by atoms with Gasteiger partial charge in [0.15, 0.2) is 0 Å². The van der Waals surface area contributed by atoms with Gasteiger partial charge in [-0.3, -0.25) is 9.59 Å². The molecule has 4 aromatic rings. The summed E-state index contributed by atoms with van der Waals surface area (Å²) in [5, 5.41) is 8.16. The van der Waals surface area contributed by atoms with Gasteiger partial charge in [0.05, 0.1) is 36.5 Å². The van der Waals surface area contributed by atoms with Crippen molar-refractivity contribution in [1.82, 2.24) is 14.7 Å². The van der Waals surface area contributed by atoms with Crippen molar-refractivity contribution < 1.29 is 14.3 Å². The highest BCUT2D eigenvalue weighted by atomic mass is 35.5. The lowest BCUT2D eigenvalue weighted by Crippen LogP contribution is -2.39. The zero-order chi connectivity index (χ0) is 26.2. The van der Waals surface area contributed by atoms with E-state index in [0.717, 1.165) is 23.3 Å². The number of hydrogen-bond donors (Lipinski definition) is 1. The van der Waals surface area contributed by atoms with Crippen LogP contribution in [0.5, 0.6) is 5.75 Å². The molecule has 8 heteroatoms. The monoisotopic (exact) mass is 516 g/mol. The third kappa shape index (κ3) is 6.57. The zero-order valence-corrected chi connectivity index (χ0v) is 21.6. The van der Waals surface area contributed by atoms with Gasteiger partial charge in [-0.05, 0) is 36.2 Å². The van der Waals surface area contributed by atoms with E-state index in [1.165, 1.54) is 0 Å². The normalized spacial score (nSPS) is 10.7. The number of rotatable bonds is 10. The largest absolute Gasteiger partial charge is 0.497 e. The molecule has 1 aromatic heterocycles. The number of amides is 2. The second-order valence-corrected chi connectivity index (χ2v) is 8.94. The maximum atomic E-state index is 13.2.